The van der Waals surface area contributed by atoms with Crippen LogP contribution in [0.3, 0.4) is 0 Å². The van der Waals surface area contributed by atoms with Crippen molar-refractivity contribution in [1.29, 1.82) is 0 Å². The highest BCUT2D eigenvalue weighted by Crippen LogP contribution is 2.39. The molecule has 4 rings (SSSR count). The molecule has 0 radical (unpaired) electrons. The third kappa shape index (κ3) is 3.78. The summed E-state index contributed by atoms with van der Waals surface area (Å²) in [7, 11) is 0. The van der Waals surface area contributed by atoms with Gasteiger partial charge in [0.25, 0.3) is 0 Å². The molecule has 0 aliphatic carbocycles. The van der Waals surface area contributed by atoms with E-state index in [0.717, 1.165) is 60.7 Å². The molecule has 1 fully saturated rings. The molecule has 0 bridgehead atoms. The van der Waals surface area contributed by atoms with Gasteiger partial charge in [0.15, 0.2) is 5.82 Å². The molecule has 28 heavy (non-hydrogen) atoms. The van der Waals surface area contributed by atoms with E-state index < -0.39 is 0 Å². The van der Waals surface area contributed by atoms with Crippen LogP contribution in [0, 0.1) is 5.82 Å². The van der Waals surface area contributed by atoms with E-state index in [-0.39, 0.29) is 5.82 Å². The Morgan fingerprint density at radius 1 is 1.11 bits per heavy atom. The number of nitrogens with zero attached hydrogens (tertiary/aromatic N) is 3. The van der Waals surface area contributed by atoms with Crippen LogP contribution in [0.2, 0.25) is 0 Å². The molecule has 146 valence electrons. The van der Waals surface area contributed by atoms with E-state index in [1.165, 1.54) is 18.6 Å². The van der Waals surface area contributed by atoms with E-state index in [9.17, 15) is 4.39 Å². The summed E-state index contributed by atoms with van der Waals surface area (Å²) in [5.41, 5.74) is 3.94. The van der Waals surface area contributed by atoms with Crippen LogP contribution in [-0.2, 0) is 0 Å². The fourth-order valence-electron chi connectivity index (χ4n) is 3.96. The van der Waals surface area contributed by atoms with Crippen molar-refractivity contribution >= 4 is 5.82 Å². The third-order valence-electron chi connectivity index (χ3n) is 5.30. The number of rotatable bonds is 6. The van der Waals surface area contributed by atoms with Gasteiger partial charge < -0.3 is 10.2 Å². The van der Waals surface area contributed by atoms with Gasteiger partial charge in [-0.25, -0.2) is 4.39 Å². The van der Waals surface area contributed by atoms with Crippen LogP contribution in [0.1, 0.15) is 26.2 Å². The second kappa shape index (κ2) is 8.52. The lowest BCUT2D eigenvalue weighted by Crippen LogP contribution is -2.46. The topological polar surface area (TPSA) is 56.8 Å². The Kier molecular flexibility index (Phi) is 5.67. The molecule has 1 aliphatic heterocycles. The number of hydrogen-bond donors (Lipinski definition) is 2. The molecule has 1 aromatic carbocycles. The molecule has 2 aromatic heterocycles. The maximum atomic E-state index is 13.5. The zero-order valence-electron chi connectivity index (χ0n) is 16.2. The third-order valence-corrected chi connectivity index (χ3v) is 5.30. The number of hydrogen-bond acceptors (Lipinski definition) is 4. The Hall–Kier alpha value is -2.73. The average Bonchev–Trinajstić information content (AvgIpc) is 3.18. The van der Waals surface area contributed by atoms with Crippen LogP contribution in [0.25, 0.3) is 22.4 Å². The average molecular weight is 379 g/mol. The Morgan fingerprint density at radius 2 is 1.89 bits per heavy atom. The highest BCUT2D eigenvalue weighted by molar-refractivity contribution is 5.89. The molecule has 0 saturated carbocycles. The summed E-state index contributed by atoms with van der Waals surface area (Å²) >= 11 is 0. The zero-order chi connectivity index (χ0) is 19.3. The molecule has 2 N–H and O–H groups in total. The molecule has 1 unspecified atom stereocenters. The maximum absolute atomic E-state index is 13.5. The summed E-state index contributed by atoms with van der Waals surface area (Å²) in [6.45, 7) is 5.19. The van der Waals surface area contributed by atoms with Gasteiger partial charge in [-0.1, -0.05) is 6.92 Å². The van der Waals surface area contributed by atoms with Crippen molar-refractivity contribution in [2.24, 2.45) is 0 Å². The number of aromatic amines is 1. The zero-order valence-corrected chi connectivity index (χ0v) is 16.2. The predicted molar refractivity (Wildman–Crippen MR) is 111 cm³/mol. The van der Waals surface area contributed by atoms with E-state index in [1.807, 2.05) is 12.1 Å². The number of anilines is 1. The molecule has 0 spiro atoms. The molecule has 1 atom stereocenters. The van der Waals surface area contributed by atoms with Gasteiger partial charge in [0.2, 0.25) is 0 Å². The van der Waals surface area contributed by atoms with E-state index >= 15 is 0 Å². The minimum absolute atomic E-state index is 0.241. The number of pyridine rings is 1. The number of benzene rings is 1. The van der Waals surface area contributed by atoms with Crippen LogP contribution in [0.5, 0.6) is 0 Å². The SMILES string of the molecule is CCCN(c1n[nH]c(-c2ccc(F)cc2)c1-c1ccncc1)C1CCCNC1. The smallest absolute Gasteiger partial charge is 0.159 e. The standard InChI is InChI=1S/C22H26FN5/c1-2-14-28(19-4-3-11-25-15-19)22-20(16-9-12-24-13-10-16)21(26-27-22)17-5-7-18(23)8-6-17/h5-10,12-13,19,25H,2-4,11,14-15H2,1H3,(H,26,27). The number of aromatic nitrogens is 3. The quantitative estimate of drug-likeness (QED) is 0.672. The second-order valence-corrected chi connectivity index (χ2v) is 7.23. The van der Waals surface area contributed by atoms with Crippen molar-refractivity contribution < 1.29 is 4.39 Å². The lowest BCUT2D eigenvalue weighted by molar-refractivity contribution is 0.429. The minimum Gasteiger partial charge on any atom is -0.350 e. The van der Waals surface area contributed by atoms with Crippen LogP contribution >= 0.6 is 0 Å². The van der Waals surface area contributed by atoms with E-state index in [4.69, 9.17) is 5.10 Å². The van der Waals surface area contributed by atoms with Crippen LogP contribution < -0.4 is 10.2 Å². The molecule has 5 nitrogen and oxygen atoms in total. The van der Waals surface area contributed by atoms with E-state index in [2.05, 4.69) is 27.2 Å². The molecular weight excluding hydrogens is 353 g/mol. The summed E-state index contributed by atoms with van der Waals surface area (Å²) in [5.74, 6) is 0.718. The summed E-state index contributed by atoms with van der Waals surface area (Å²) in [6.07, 6.45) is 6.97. The van der Waals surface area contributed by atoms with E-state index in [0.29, 0.717) is 6.04 Å². The minimum atomic E-state index is -0.241. The maximum Gasteiger partial charge on any atom is 0.159 e. The lowest BCUT2D eigenvalue weighted by Gasteiger charge is -2.35. The summed E-state index contributed by atoms with van der Waals surface area (Å²) in [6, 6.07) is 11.0. The molecule has 3 heterocycles. The van der Waals surface area contributed by atoms with E-state index in [1.54, 1.807) is 24.5 Å². The van der Waals surface area contributed by atoms with Crippen molar-refractivity contribution in [2.75, 3.05) is 24.5 Å². The van der Waals surface area contributed by atoms with Gasteiger partial charge in [-0.2, -0.15) is 5.10 Å². The molecule has 1 saturated heterocycles. The Morgan fingerprint density at radius 3 is 2.57 bits per heavy atom. The Bertz CT molecular complexity index is 885. The molecule has 3 aromatic rings. The first-order chi connectivity index (χ1) is 13.8. The highest BCUT2D eigenvalue weighted by atomic mass is 19.1. The molecular formula is C22H26FN5. The van der Waals surface area contributed by atoms with Crippen molar-refractivity contribution in [1.82, 2.24) is 20.5 Å². The van der Waals surface area contributed by atoms with Crippen LogP contribution in [-0.4, -0.2) is 40.9 Å². The van der Waals surface area contributed by atoms with Gasteiger partial charge in [0.05, 0.1) is 11.3 Å². The lowest BCUT2D eigenvalue weighted by atomic mass is 9.99. The molecule has 0 amide bonds. The summed E-state index contributed by atoms with van der Waals surface area (Å²) in [4.78, 5) is 6.59. The second-order valence-electron chi connectivity index (χ2n) is 7.23. The van der Waals surface area contributed by atoms with Gasteiger partial charge in [-0.05, 0) is 67.8 Å². The molecule has 6 heteroatoms. The fraction of sp³-hybridized carbons (Fsp3) is 0.364. The summed E-state index contributed by atoms with van der Waals surface area (Å²) in [5, 5.41) is 11.5. The molecule has 1 aliphatic rings. The van der Waals surface area contributed by atoms with Gasteiger partial charge in [0, 0.05) is 37.1 Å². The highest BCUT2D eigenvalue weighted by Gasteiger charge is 2.27. The van der Waals surface area contributed by atoms with Gasteiger partial charge >= 0.3 is 0 Å². The van der Waals surface area contributed by atoms with Gasteiger partial charge in [-0.15, -0.1) is 0 Å². The van der Waals surface area contributed by atoms with Crippen LogP contribution in [0.4, 0.5) is 10.2 Å². The number of H-pyrrole nitrogens is 1. The van der Waals surface area contributed by atoms with Crippen molar-refractivity contribution in [3.05, 3.63) is 54.6 Å². The van der Waals surface area contributed by atoms with Crippen molar-refractivity contribution in [2.45, 2.75) is 32.2 Å². The monoisotopic (exact) mass is 379 g/mol. The van der Waals surface area contributed by atoms with Crippen LogP contribution in [0.15, 0.2) is 48.8 Å². The fourth-order valence-corrected chi connectivity index (χ4v) is 3.96. The first-order valence-electron chi connectivity index (χ1n) is 10.00. The number of nitrogens with one attached hydrogen (secondary N) is 2. The largest absolute Gasteiger partial charge is 0.350 e. The van der Waals surface area contributed by atoms with Gasteiger partial charge in [-0.3, -0.25) is 10.1 Å². The number of piperidine rings is 1. The first-order valence-corrected chi connectivity index (χ1v) is 10.00. The van der Waals surface area contributed by atoms with Gasteiger partial charge in [0.1, 0.15) is 5.82 Å². The van der Waals surface area contributed by atoms with Crippen molar-refractivity contribution in [3.63, 3.8) is 0 Å². The normalized spacial score (nSPS) is 16.9. The first kappa shape index (κ1) is 18.6. The predicted octanol–water partition coefficient (Wildman–Crippen LogP) is 4.25. The Balaban J connectivity index is 1.83. The number of halogens is 1. The summed E-state index contributed by atoms with van der Waals surface area (Å²) < 4.78 is 13.5. The van der Waals surface area contributed by atoms with Crippen molar-refractivity contribution in [3.8, 4) is 22.4 Å². The Labute approximate surface area is 165 Å².